The summed E-state index contributed by atoms with van der Waals surface area (Å²) < 4.78 is 55.0. The van der Waals surface area contributed by atoms with Crippen LogP contribution in [0.25, 0.3) is 0 Å². The standard InChI is InChI=1S/C59H94O26/c1-11-23(2)49(76)77-22-59-26(18-54(4,5)46(72)47(59)73)25-12-13-30-56(8)16-15-32(55(6,7)29(56)14-17-57(30,9)58(25,10)19-31(59)62)81-53-45(85-51-40(70)37(67)34(64)27(20-60)79-51)42(41(71)43(83-53)48(74)75)82-52-44(38(68)35(65)28(21-61)80-52)84-50-39(69)36(66)33(63)24(3)78-50/h11-12,24,26-47,50-53,60-73H,13-22H2,1-10H3,(H,74,75). The van der Waals surface area contributed by atoms with Gasteiger partial charge in [-0.15, -0.1) is 0 Å². The van der Waals surface area contributed by atoms with E-state index >= 15 is 0 Å². The molecule has 4 saturated heterocycles. The van der Waals surface area contributed by atoms with Crippen molar-refractivity contribution in [2.75, 3.05) is 19.8 Å². The molecule has 31 atom stereocenters. The normalized spacial score (nSPS) is 52.4. The number of hydrogen-bond acceptors (Lipinski definition) is 25. The first-order valence-corrected chi connectivity index (χ1v) is 30.0. The predicted octanol–water partition coefficient (Wildman–Crippen LogP) is -2.01. The van der Waals surface area contributed by atoms with Crippen LogP contribution in [0.2, 0.25) is 0 Å². The lowest BCUT2D eigenvalue weighted by Crippen LogP contribution is -2.72. The van der Waals surface area contributed by atoms with Crippen LogP contribution in [0.1, 0.15) is 114 Å². The van der Waals surface area contributed by atoms with Gasteiger partial charge in [-0.05, 0) is 111 Å². The van der Waals surface area contributed by atoms with Crippen molar-refractivity contribution < 1.29 is 129 Å². The van der Waals surface area contributed by atoms with Crippen LogP contribution < -0.4 is 0 Å². The second kappa shape index (κ2) is 24.3. The highest BCUT2D eigenvalue weighted by molar-refractivity contribution is 5.87. The summed E-state index contributed by atoms with van der Waals surface area (Å²) in [6, 6.07) is 0. The third kappa shape index (κ3) is 10.9. The highest BCUT2D eigenvalue weighted by Gasteiger charge is 2.73. The average molecular weight is 1220 g/mol. The van der Waals surface area contributed by atoms with Gasteiger partial charge in [-0.1, -0.05) is 66.2 Å². The zero-order chi connectivity index (χ0) is 62.7. The van der Waals surface area contributed by atoms with Gasteiger partial charge >= 0.3 is 11.9 Å². The molecule has 26 nitrogen and oxygen atoms in total. The number of esters is 1. The van der Waals surface area contributed by atoms with Crippen LogP contribution in [0.5, 0.6) is 0 Å². The van der Waals surface area contributed by atoms with Crippen LogP contribution in [0.3, 0.4) is 0 Å². The zero-order valence-electron chi connectivity index (χ0n) is 50.0. The molecule has 5 aliphatic carbocycles. The minimum absolute atomic E-state index is 0.00818. The van der Waals surface area contributed by atoms with Gasteiger partial charge in [0, 0.05) is 5.57 Å². The summed E-state index contributed by atoms with van der Waals surface area (Å²) in [5, 5.41) is 168. The number of rotatable bonds is 14. The van der Waals surface area contributed by atoms with Crippen LogP contribution in [0.4, 0.5) is 0 Å². The number of ether oxygens (including phenoxy) is 9. The lowest BCUT2D eigenvalue weighted by Gasteiger charge is -2.72. The van der Waals surface area contributed by atoms with Crippen LogP contribution in [-0.4, -0.2) is 256 Å². The minimum Gasteiger partial charge on any atom is -0.479 e. The van der Waals surface area contributed by atoms with E-state index in [1.807, 2.05) is 27.7 Å². The zero-order valence-corrected chi connectivity index (χ0v) is 50.0. The maximum atomic E-state index is 13.2. The summed E-state index contributed by atoms with van der Waals surface area (Å²) in [7, 11) is 0. The van der Waals surface area contributed by atoms with Crippen molar-refractivity contribution in [2.24, 2.45) is 50.2 Å². The summed E-state index contributed by atoms with van der Waals surface area (Å²) in [6.45, 7) is 17.1. The number of fused-ring (bicyclic) bond motifs is 7. The highest BCUT2D eigenvalue weighted by atomic mass is 16.8. The second-order valence-corrected chi connectivity index (χ2v) is 27.9. The summed E-state index contributed by atoms with van der Waals surface area (Å²) in [4.78, 5) is 26.4. The lowest BCUT2D eigenvalue weighted by molar-refractivity contribution is -0.406. The molecule has 0 amide bonds. The number of aliphatic carboxylic acids is 1. The lowest BCUT2D eigenvalue weighted by atomic mass is 9.33. The third-order valence-corrected chi connectivity index (χ3v) is 22.7. The van der Waals surface area contributed by atoms with E-state index in [1.165, 1.54) is 6.92 Å². The molecular weight excluding hydrogens is 1120 g/mol. The molecule has 15 N–H and O–H groups in total. The van der Waals surface area contributed by atoms with Crippen molar-refractivity contribution in [2.45, 2.75) is 261 Å². The largest absolute Gasteiger partial charge is 0.479 e. The Hall–Kier alpha value is -2.46. The Morgan fingerprint density at radius 2 is 1.19 bits per heavy atom. The Morgan fingerprint density at radius 1 is 0.624 bits per heavy atom. The van der Waals surface area contributed by atoms with Gasteiger partial charge in [-0.3, -0.25) is 0 Å². The molecule has 85 heavy (non-hydrogen) atoms. The molecule has 4 saturated carbocycles. The fourth-order valence-electron chi connectivity index (χ4n) is 17.2. The molecule has 0 aromatic carbocycles. The Bertz CT molecular complexity index is 2460. The quantitative estimate of drug-likeness (QED) is 0.0387. The molecule has 486 valence electrons. The first-order valence-electron chi connectivity index (χ1n) is 30.0. The Morgan fingerprint density at radius 3 is 1.80 bits per heavy atom. The molecule has 4 aliphatic heterocycles. The van der Waals surface area contributed by atoms with Crippen molar-refractivity contribution in [3.8, 4) is 0 Å². The van der Waals surface area contributed by atoms with Crippen LogP contribution >= 0.6 is 0 Å². The summed E-state index contributed by atoms with van der Waals surface area (Å²) in [5.74, 6) is -2.91. The fraction of sp³-hybridized carbons (Fsp3) is 0.898. The molecule has 0 aromatic rings. The molecule has 0 spiro atoms. The number of aliphatic hydroxyl groups is 14. The van der Waals surface area contributed by atoms with Gasteiger partial charge < -0.3 is 119 Å². The molecular formula is C59H94O26. The van der Waals surface area contributed by atoms with E-state index in [1.54, 1.807) is 19.9 Å². The number of carbonyl (C=O) groups is 2. The Kier molecular flexibility index (Phi) is 19.1. The molecule has 8 fully saturated rings. The Labute approximate surface area is 494 Å². The third-order valence-electron chi connectivity index (χ3n) is 22.7. The van der Waals surface area contributed by atoms with E-state index in [4.69, 9.17) is 42.6 Å². The van der Waals surface area contributed by atoms with Crippen molar-refractivity contribution in [3.63, 3.8) is 0 Å². The van der Waals surface area contributed by atoms with Crippen molar-refractivity contribution in [3.05, 3.63) is 23.3 Å². The number of hydrogen-bond donors (Lipinski definition) is 15. The fourth-order valence-corrected chi connectivity index (χ4v) is 17.2. The monoisotopic (exact) mass is 1220 g/mol. The van der Waals surface area contributed by atoms with E-state index in [9.17, 15) is 86.2 Å². The van der Waals surface area contributed by atoms with Gasteiger partial charge in [0.1, 0.15) is 92.1 Å². The van der Waals surface area contributed by atoms with Gasteiger partial charge in [-0.25, -0.2) is 9.59 Å². The number of allylic oxidation sites excluding steroid dienone is 3. The van der Waals surface area contributed by atoms with Gasteiger partial charge in [-0.2, -0.15) is 0 Å². The molecule has 26 heteroatoms. The molecule has 4 heterocycles. The van der Waals surface area contributed by atoms with E-state index in [0.29, 0.717) is 44.1 Å². The van der Waals surface area contributed by atoms with E-state index in [2.05, 4.69) is 26.8 Å². The van der Waals surface area contributed by atoms with Crippen molar-refractivity contribution >= 4 is 11.9 Å². The van der Waals surface area contributed by atoms with Gasteiger partial charge in [0.05, 0.1) is 49.1 Å². The molecule has 31 unspecified atom stereocenters. The first kappa shape index (κ1) is 66.9. The highest BCUT2D eigenvalue weighted by Crippen LogP contribution is 2.76. The van der Waals surface area contributed by atoms with E-state index < -0.39 is 211 Å². The molecule has 0 aromatic heterocycles. The van der Waals surface area contributed by atoms with Gasteiger partial charge in [0.25, 0.3) is 0 Å². The molecule has 9 rings (SSSR count). The molecule has 0 radical (unpaired) electrons. The Balaban J connectivity index is 1.05. The van der Waals surface area contributed by atoms with Crippen LogP contribution in [-0.2, 0) is 52.2 Å². The molecule has 9 aliphatic rings. The smallest absolute Gasteiger partial charge is 0.335 e. The summed E-state index contributed by atoms with van der Waals surface area (Å²) in [6.07, 6.45) is -35.4. The molecule has 0 bridgehead atoms. The maximum absolute atomic E-state index is 13.2. The van der Waals surface area contributed by atoms with Crippen LogP contribution in [0, 0.1) is 50.2 Å². The number of carboxylic acid groups (broad SMARTS) is 1. The number of carboxylic acids is 1. The summed E-state index contributed by atoms with van der Waals surface area (Å²) in [5.41, 5.74) is -3.12. The van der Waals surface area contributed by atoms with Gasteiger partial charge in [0.2, 0.25) is 0 Å². The summed E-state index contributed by atoms with van der Waals surface area (Å²) >= 11 is 0. The number of carbonyl (C=O) groups excluding carboxylic acids is 1. The van der Waals surface area contributed by atoms with Crippen molar-refractivity contribution in [1.29, 1.82) is 0 Å². The first-order chi connectivity index (χ1) is 39.6. The topological polar surface area (TPSA) is 421 Å². The average Bonchev–Trinajstić information content (AvgIpc) is 0.677. The van der Waals surface area contributed by atoms with E-state index in [0.717, 1.165) is 5.57 Å². The predicted molar refractivity (Wildman–Crippen MR) is 289 cm³/mol. The van der Waals surface area contributed by atoms with Crippen LogP contribution in [0.15, 0.2) is 23.3 Å². The second-order valence-electron chi connectivity index (χ2n) is 27.9. The minimum atomic E-state index is -2.28. The van der Waals surface area contributed by atoms with Crippen molar-refractivity contribution in [1.82, 2.24) is 0 Å². The maximum Gasteiger partial charge on any atom is 0.335 e. The number of aliphatic hydroxyl groups excluding tert-OH is 14. The van der Waals surface area contributed by atoms with Gasteiger partial charge in [0.15, 0.2) is 31.3 Å². The van der Waals surface area contributed by atoms with E-state index in [-0.39, 0.29) is 24.9 Å². The SMILES string of the molecule is CC=C(C)C(=O)OCC12C(O)CC3(C)C(=CCC4C5(C)CCC(OC6OC(C(=O)O)C(O)C(OC7OC(CO)C(O)C(O)C7OC7OC(C)C(O)C(O)C7O)C6OC6OC(CO)C(O)C(O)C6O)C(C)(C)C5CCC43C)C1CC(C)(C)C(O)C2O.